The van der Waals surface area contributed by atoms with E-state index in [0.717, 1.165) is 24.6 Å². The average molecular weight is 260 g/mol. The normalized spacial score (nSPS) is 13.5. The van der Waals surface area contributed by atoms with E-state index in [1.54, 1.807) is 0 Å². The zero-order valence-corrected chi connectivity index (χ0v) is 12.3. The van der Waals surface area contributed by atoms with Gasteiger partial charge in [0.1, 0.15) is 0 Å². The van der Waals surface area contributed by atoms with Crippen LogP contribution in [0.25, 0.3) is 0 Å². The number of rotatable bonds is 9. The van der Waals surface area contributed by atoms with E-state index >= 15 is 0 Å². The zero-order chi connectivity index (χ0) is 13.1. The molecule has 0 aliphatic heterocycles. The highest BCUT2D eigenvalue weighted by molar-refractivity contribution is 7.58. The van der Waals surface area contributed by atoms with E-state index < -0.39 is 7.60 Å². The molecule has 0 N–H and O–H groups in total. The Balaban J connectivity index is 4.34. The summed E-state index contributed by atoms with van der Waals surface area (Å²) < 4.78 is 22.8. The van der Waals surface area contributed by atoms with Crippen molar-refractivity contribution in [3.05, 3.63) is 23.5 Å². The number of allylic oxidation sites excluding steroid dienone is 4. The van der Waals surface area contributed by atoms with Crippen LogP contribution < -0.4 is 0 Å². The van der Waals surface area contributed by atoms with Gasteiger partial charge in [0, 0.05) is 5.31 Å². The first kappa shape index (κ1) is 16.6. The van der Waals surface area contributed by atoms with Crippen LogP contribution in [-0.4, -0.2) is 13.2 Å². The molecule has 0 aliphatic rings. The van der Waals surface area contributed by atoms with Crippen LogP contribution >= 0.6 is 7.60 Å². The number of unbranched alkanes of at least 4 members (excludes halogenated alkanes) is 2. The third-order valence-electron chi connectivity index (χ3n) is 2.28. The smallest absolute Gasteiger partial charge is 0.306 e. The van der Waals surface area contributed by atoms with Crippen LogP contribution in [0, 0.1) is 0 Å². The molecule has 3 nitrogen and oxygen atoms in total. The van der Waals surface area contributed by atoms with Crippen molar-refractivity contribution in [1.29, 1.82) is 0 Å². The molecule has 0 saturated heterocycles. The zero-order valence-electron chi connectivity index (χ0n) is 11.4. The third kappa shape index (κ3) is 6.82. The second-order valence-corrected chi connectivity index (χ2v) is 5.90. The first-order valence-corrected chi connectivity index (χ1v) is 7.82. The van der Waals surface area contributed by atoms with Gasteiger partial charge in [0.05, 0.1) is 13.2 Å². The highest BCUT2D eigenvalue weighted by Crippen LogP contribution is 2.55. The molecule has 0 bridgehead atoms. The molecule has 0 aliphatic carbocycles. The predicted octanol–water partition coefficient (Wildman–Crippen LogP) is 4.90. The molecule has 4 heteroatoms. The highest BCUT2D eigenvalue weighted by atomic mass is 31.2. The van der Waals surface area contributed by atoms with Crippen LogP contribution in [0.2, 0.25) is 0 Å². The minimum Gasteiger partial charge on any atom is -0.306 e. The lowest BCUT2D eigenvalue weighted by Gasteiger charge is -2.17. The lowest BCUT2D eigenvalue weighted by Crippen LogP contribution is -1.96. The summed E-state index contributed by atoms with van der Waals surface area (Å²) in [6.07, 6.45) is 9.15. The van der Waals surface area contributed by atoms with Crippen LogP contribution in [0.3, 0.4) is 0 Å². The summed E-state index contributed by atoms with van der Waals surface area (Å²) in [5.41, 5.74) is 0. The van der Waals surface area contributed by atoms with Gasteiger partial charge >= 0.3 is 7.60 Å². The molecule has 0 heterocycles. The van der Waals surface area contributed by atoms with Gasteiger partial charge in [0.15, 0.2) is 0 Å². The van der Waals surface area contributed by atoms with Crippen LogP contribution in [0.5, 0.6) is 0 Å². The molecule has 0 saturated carbocycles. The number of hydrogen-bond acceptors (Lipinski definition) is 3. The van der Waals surface area contributed by atoms with Gasteiger partial charge in [-0.3, -0.25) is 4.57 Å². The first-order chi connectivity index (χ1) is 8.10. The first-order valence-electron chi connectivity index (χ1n) is 6.28. The van der Waals surface area contributed by atoms with E-state index in [0.29, 0.717) is 13.2 Å². The standard InChI is InChI=1S/C13H25O3P/c1-5-8-9-10-11-12-13(4)17(14,15-6-2)16-7-3/h5,8,12H,6-7,9-11H2,1-4H3. The maximum absolute atomic E-state index is 12.3. The van der Waals surface area contributed by atoms with Gasteiger partial charge in [0.25, 0.3) is 0 Å². The molecule has 0 atom stereocenters. The molecule has 0 aromatic carbocycles. The Morgan fingerprint density at radius 3 is 2.24 bits per heavy atom. The van der Waals surface area contributed by atoms with Crippen molar-refractivity contribution < 1.29 is 13.6 Å². The van der Waals surface area contributed by atoms with Crippen LogP contribution in [0.4, 0.5) is 0 Å². The number of hydrogen-bond donors (Lipinski definition) is 0. The van der Waals surface area contributed by atoms with Crippen LogP contribution in [0.15, 0.2) is 23.5 Å². The summed E-state index contributed by atoms with van der Waals surface area (Å²) in [5.74, 6) is 0. The van der Waals surface area contributed by atoms with Gasteiger partial charge in [0.2, 0.25) is 0 Å². The Bertz CT molecular complexity index is 285. The van der Waals surface area contributed by atoms with Gasteiger partial charge in [-0.1, -0.05) is 18.2 Å². The second kappa shape index (κ2) is 9.64. The van der Waals surface area contributed by atoms with Gasteiger partial charge in [-0.05, 0) is 47.0 Å². The molecule has 0 amide bonds. The van der Waals surface area contributed by atoms with Crippen LogP contribution in [-0.2, 0) is 13.6 Å². The van der Waals surface area contributed by atoms with E-state index in [9.17, 15) is 4.57 Å². The fourth-order valence-corrected chi connectivity index (χ4v) is 2.92. The summed E-state index contributed by atoms with van der Waals surface area (Å²) in [4.78, 5) is 0. The lowest BCUT2D eigenvalue weighted by atomic mass is 10.2. The quantitative estimate of drug-likeness (QED) is 0.336. The van der Waals surface area contributed by atoms with Crippen molar-refractivity contribution in [3.63, 3.8) is 0 Å². The molecular formula is C13H25O3P. The predicted molar refractivity (Wildman–Crippen MR) is 73.3 cm³/mol. The molecular weight excluding hydrogens is 235 g/mol. The highest BCUT2D eigenvalue weighted by Gasteiger charge is 2.25. The van der Waals surface area contributed by atoms with Crippen molar-refractivity contribution in [2.45, 2.75) is 47.0 Å². The van der Waals surface area contributed by atoms with E-state index in [1.165, 1.54) is 0 Å². The second-order valence-electron chi connectivity index (χ2n) is 3.68. The Morgan fingerprint density at radius 1 is 1.18 bits per heavy atom. The molecule has 0 aromatic heterocycles. The Kier molecular flexibility index (Phi) is 9.43. The van der Waals surface area contributed by atoms with Gasteiger partial charge in [-0.15, -0.1) is 0 Å². The fraction of sp³-hybridized carbons (Fsp3) is 0.692. The fourth-order valence-electron chi connectivity index (χ4n) is 1.41. The van der Waals surface area contributed by atoms with Gasteiger partial charge < -0.3 is 9.05 Å². The molecule has 0 aromatic rings. The van der Waals surface area contributed by atoms with E-state index in [4.69, 9.17) is 9.05 Å². The van der Waals surface area contributed by atoms with Crippen molar-refractivity contribution in [1.82, 2.24) is 0 Å². The van der Waals surface area contributed by atoms with Crippen molar-refractivity contribution in [2.24, 2.45) is 0 Å². The van der Waals surface area contributed by atoms with Crippen molar-refractivity contribution >= 4 is 7.60 Å². The van der Waals surface area contributed by atoms with Gasteiger partial charge in [-0.25, -0.2) is 0 Å². The molecule has 0 rings (SSSR count). The van der Waals surface area contributed by atoms with Gasteiger partial charge in [-0.2, -0.15) is 0 Å². The maximum Gasteiger partial charge on any atom is 0.356 e. The molecule has 100 valence electrons. The minimum absolute atomic E-state index is 0.404. The summed E-state index contributed by atoms with van der Waals surface area (Å²) >= 11 is 0. The largest absolute Gasteiger partial charge is 0.356 e. The van der Waals surface area contributed by atoms with Crippen molar-refractivity contribution in [2.75, 3.05) is 13.2 Å². The van der Waals surface area contributed by atoms with E-state index in [2.05, 4.69) is 6.08 Å². The Labute approximate surface area is 105 Å². The third-order valence-corrected chi connectivity index (χ3v) is 4.52. The molecule has 0 unspecified atom stereocenters. The summed E-state index contributed by atoms with van der Waals surface area (Å²) in [7, 11) is -3.02. The Hall–Kier alpha value is -0.370. The van der Waals surface area contributed by atoms with Crippen molar-refractivity contribution in [3.8, 4) is 0 Å². The summed E-state index contributed by atoms with van der Waals surface area (Å²) in [5, 5.41) is 0.724. The molecule has 0 spiro atoms. The molecule has 0 fully saturated rings. The Morgan fingerprint density at radius 2 is 1.76 bits per heavy atom. The van der Waals surface area contributed by atoms with Crippen LogP contribution in [0.1, 0.15) is 47.0 Å². The molecule has 17 heavy (non-hydrogen) atoms. The topological polar surface area (TPSA) is 35.5 Å². The van der Waals surface area contributed by atoms with E-state index in [1.807, 2.05) is 39.8 Å². The molecule has 0 radical (unpaired) electrons. The van der Waals surface area contributed by atoms with E-state index in [-0.39, 0.29) is 0 Å². The minimum atomic E-state index is -3.02. The average Bonchev–Trinajstić information content (AvgIpc) is 2.29. The SMILES string of the molecule is CC=CCCCC=C(C)P(=O)(OCC)OCC. The monoisotopic (exact) mass is 260 g/mol. The summed E-state index contributed by atoms with van der Waals surface area (Å²) in [6.45, 7) is 8.29. The lowest BCUT2D eigenvalue weighted by molar-refractivity contribution is 0.226. The maximum atomic E-state index is 12.3. The summed E-state index contributed by atoms with van der Waals surface area (Å²) in [6, 6.07) is 0.